The number of carbonyl (C=O) groups is 1. The number of rotatable bonds is 5. The second-order valence-electron chi connectivity index (χ2n) is 2.88. The van der Waals surface area contributed by atoms with Crippen LogP contribution in [-0.4, -0.2) is 31.3 Å². The van der Waals surface area contributed by atoms with Gasteiger partial charge in [0.05, 0.1) is 0 Å². The van der Waals surface area contributed by atoms with Crippen molar-refractivity contribution < 1.29 is 4.79 Å². The number of hydrogen-bond donors (Lipinski definition) is 0. The summed E-state index contributed by atoms with van der Waals surface area (Å²) in [5.41, 5.74) is 0. The van der Waals surface area contributed by atoms with E-state index in [1.807, 2.05) is 45.8 Å². The molecule has 0 aliphatic heterocycles. The summed E-state index contributed by atoms with van der Waals surface area (Å²) in [6.45, 7) is 6.85. The lowest BCUT2D eigenvalue weighted by atomic mass is 10.2. The quantitative estimate of drug-likeness (QED) is 0.613. The molecule has 0 saturated heterocycles. The lowest BCUT2D eigenvalue weighted by molar-refractivity contribution is -0.114. The molecule has 0 aromatic carbocycles. The summed E-state index contributed by atoms with van der Waals surface area (Å²) in [6.07, 6.45) is 5.18. The minimum absolute atomic E-state index is 0.231. The van der Waals surface area contributed by atoms with Crippen molar-refractivity contribution >= 4 is 5.78 Å². The van der Waals surface area contributed by atoms with E-state index in [-0.39, 0.29) is 5.78 Å². The van der Waals surface area contributed by atoms with Gasteiger partial charge in [0, 0.05) is 13.0 Å². The van der Waals surface area contributed by atoms with Gasteiger partial charge in [0.1, 0.15) is 0 Å². The first-order valence-electron chi connectivity index (χ1n) is 5.01. The van der Waals surface area contributed by atoms with Gasteiger partial charge in [0.25, 0.3) is 0 Å². The van der Waals surface area contributed by atoms with Gasteiger partial charge < -0.3 is 4.90 Å². The Hall–Kier alpha value is -0.630. The van der Waals surface area contributed by atoms with Crippen LogP contribution < -0.4 is 0 Å². The second kappa shape index (κ2) is 11.4. The summed E-state index contributed by atoms with van der Waals surface area (Å²) in [6, 6.07) is 0. The molecule has 0 N–H and O–H groups in total. The molecular weight excluding hydrogens is 162 g/mol. The third-order valence-corrected chi connectivity index (χ3v) is 1.27. The Morgan fingerprint density at radius 2 is 1.85 bits per heavy atom. The van der Waals surface area contributed by atoms with E-state index in [0.29, 0.717) is 6.42 Å². The van der Waals surface area contributed by atoms with Crippen LogP contribution in [0.5, 0.6) is 0 Å². The van der Waals surface area contributed by atoms with Crippen LogP contribution in [0.25, 0.3) is 0 Å². The highest BCUT2D eigenvalue weighted by Crippen LogP contribution is 1.90. The van der Waals surface area contributed by atoms with Crippen LogP contribution in [0.15, 0.2) is 12.2 Å². The Morgan fingerprint density at radius 3 is 2.23 bits per heavy atom. The minimum atomic E-state index is 0.231. The molecule has 0 aliphatic rings. The summed E-state index contributed by atoms with van der Waals surface area (Å²) in [7, 11) is 3.96. The average molecular weight is 185 g/mol. The molecule has 0 aromatic rings. The van der Waals surface area contributed by atoms with Crippen LogP contribution in [-0.2, 0) is 4.79 Å². The molecule has 2 nitrogen and oxygen atoms in total. The highest BCUT2D eigenvalue weighted by molar-refractivity contribution is 5.89. The molecule has 0 aromatic heterocycles. The molecule has 13 heavy (non-hydrogen) atoms. The molecule has 0 rings (SSSR count). The number of likely N-dealkylation sites (N-methyl/N-ethyl adjacent to an activating group) is 1. The predicted molar refractivity (Wildman–Crippen MR) is 59.0 cm³/mol. The van der Waals surface area contributed by atoms with Crippen molar-refractivity contribution in [3.05, 3.63) is 12.2 Å². The van der Waals surface area contributed by atoms with Gasteiger partial charge in [-0.25, -0.2) is 0 Å². The SMILES string of the molecule is CC.CCCC(=O)/C=C/CN(C)C. The van der Waals surface area contributed by atoms with Crippen LogP contribution in [0.1, 0.15) is 33.6 Å². The molecule has 0 atom stereocenters. The number of allylic oxidation sites excluding steroid dienone is 1. The van der Waals surface area contributed by atoms with Gasteiger partial charge >= 0.3 is 0 Å². The Labute approximate surface area is 82.6 Å². The van der Waals surface area contributed by atoms with Gasteiger partial charge in [-0.15, -0.1) is 0 Å². The second-order valence-corrected chi connectivity index (χ2v) is 2.88. The number of ketones is 1. The van der Waals surface area contributed by atoms with Crippen molar-refractivity contribution in [1.82, 2.24) is 4.90 Å². The molecule has 2 heteroatoms. The summed E-state index contributed by atoms with van der Waals surface area (Å²) in [5, 5.41) is 0. The Morgan fingerprint density at radius 1 is 1.31 bits per heavy atom. The zero-order valence-electron chi connectivity index (χ0n) is 9.63. The average Bonchev–Trinajstić information content (AvgIpc) is 2.08. The van der Waals surface area contributed by atoms with E-state index in [9.17, 15) is 4.79 Å². The van der Waals surface area contributed by atoms with E-state index < -0.39 is 0 Å². The van der Waals surface area contributed by atoms with E-state index in [1.54, 1.807) is 6.08 Å². The van der Waals surface area contributed by atoms with Crippen LogP contribution in [0.3, 0.4) is 0 Å². The fourth-order valence-electron chi connectivity index (χ4n) is 0.725. The number of hydrogen-bond acceptors (Lipinski definition) is 2. The summed E-state index contributed by atoms with van der Waals surface area (Å²) < 4.78 is 0. The largest absolute Gasteiger partial charge is 0.306 e. The normalized spacial score (nSPS) is 10.0. The Kier molecular flexibility index (Phi) is 13.0. The third kappa shape index (κ3) is 14.2. The van der Waals surface area contributed by atoms with Crippen LogP contribution >= 0.6 is 0 Å². The zero-order valence-corrected chi connectivity index (χ0v) is 9.63. The van der Waals surface area contributed by atoms with Crippen LogP contribution in [0.4, 0.5) is 0 Å². The first-order chi connectivity index (χ1) is 6.16. The van der Waals surface area contributed by atoms with Crippen LogP contribution in [0, 0.1) is 0 Å². The molecule has 0 heterocycles. The molecule has 0 bridgehead atoms. The van der Waals surface area contributed by atoms with Crippen molar-refractivity contribution in [3.8, 4) is 0 Å². The van der Waals surface area contributed by atoms with Crippen molar-refractivity contribution in [2.24, 2.45) is 0 Å². The molecule has 0 spiro atoms. The molecule has 78 valence electrons. The van der Waals surface area contributed by atoms with Gasteiger partial charge in [0.2, 0.25) is 0 Å². The minimum Gasteiger partial charge on any atom is -0.306 e. The lowest BCUT2D eigenvalue weighted by Crippen LogP contribution is -2.10. The van der Waals surface area contributed by atoms with Gasteiger partial charge in [-0.2, -0.15) is 0 Å². The maximum atomic E-state index is 10.9. The maximum absolute atomic E-state index is 10.9. The van der Waals surface area contributed by atoms with Gasteiger partial charge in [0.15, 0.2) is 5.78 Å². The van der Waals surface area contributed by atoms with E-state index in [1.165, 1.54) is 0 Å². The highest BCUT2D eigenvalue weighted by Gasteiger charge is 1.91. The zero-order chi connectivity index (χ0) is 10.7. The molecule has 0 fully saturated rings. The smallest absolute Gasteiger partial charge is 0.155 e. The van der Waals surface area contributed by atoms with Gasteiger partial charge in [-0.3, -0.25) is 4.79 Å². The van der Waals surface area contributed by atoms with Crippen molar-refractivity contribution in [2.75, 3.05) is 20.6 Å². The lowest BCUT2D eigenvalue weighted by Gasteiger charge is -2.02. The number of carbonyl (C=O) groups excluding carboxylic acids is 1. The van der Waals surface area contributed by atoms with E-state index >= 15 is 0 Å². The molecular formula is C11H23NO. The van der Waals surface area contributed by atoms with Gasteiger partial charge in [-0.05, 0) is 26.6 Å². The van der Waals surface area contributed by atoms with Crippen molar-refractivity contribution in [3.63, 3.8) is 0 Å². The number of nitrogens with zero attached hydrogens (tertiary/aromatic N) is 1. The van der Waals surface area contributed by atoms with Crippen LogP contribution in [0.2, 0.25) is 0 Å². The summed E-state index contributed by atoms with van der Waals surface area (Å²) >= 11 is 0. The summed E-state index contributed by atoms with van der Waals surface area (Å²) in [4.78, 5) is 12.9. The highest BCUT2D eigenvalue weighted by atomic mass is 16.1. The molecule has 0 radical (unpaired) electrons. The monoisotopic (exact) mass is 185 g/mol. The topological polar surface area (TPSA) is 20.3 Å². The predicted octanol–water partition coefficient (Wildman–Crippen LogP) is 2.50. The molecule has 0 unspecified atom stereocenters. The Bertz CT molecular complexity index is 139. The maximum Gasteiger partial charge on any atom is 0.155 e. The van der Waals surface area contributed by atoms with E-state index in [0.717, 1.165) is 13.0 Å². The molecule has 0 aliphatic carbocycles. The van der Waals surface area contributed by atoms with E-state index in [2.05, 4.69) is 0 Å². The van der Waals surface area contributed by atoms with Crippen molar-refractivity contribution in [2.45, 2.75) is 33.6 Å². The van der Waals surface area contributed by atoms with E-state index in [4.69, 9.17) is 0 Å². The molecule has 0 saturated carbocycles. The third-order valence-electron chi connectivity index (χ3n) is 1.27. The fourth-order valence-corrected chi connectivity index (χ4v) is 0.725. The Balaban J connectivity index is 0. The van der Waals surface area contributed by atoms with Gasteiger partial charge in [-0.1, -0.05) is 26.8 Å². The summed E-state index contributed by atoms with van der Waals surface area (Å²) in [5.74, 6) is 0.231. The first kappa shape index (κ1) is 14.9. The molecule has 0 amide bonds. The standard InChI is InChI=1S/C9H17NO.C2H6/c1-4-6-9(11)7-5-8-10(2)3;1-2/h5,7H,4,6,8H2,1-3H3;1-2H3/b7-5+;. The first-order valence-corrected chi connectivity index (χ1v) is 5.01. The fraction of sp³-hybridized carbons (Fsp3) is 0.727. The van der Waals surface area contributed by atoms with Crippen molar-refractivity contribution in [1.29, 1.82) is 0 Å².